The van der Waals surface area contributed by atoms with Gasteiger partial charge in [0.05, 0.1) is 16.7 Å². The lowest BCUT2D eigenvalue weighted by atomic mass is 10.0. The number of aromatic nitrogens is 2. The monoisotopic (exact) mass is 393 g/mol. The molecule has 3 aromatic rings. The van der Waals surface area contributed by atoms with E-state index in [0.29, 0.717) is 29.1 Å². The van der Waals surface area contributed by atoms with E-state index >= 15 is 0 Å². The molecule has 1 atom stereocenters. The van der Waals surface area contributed by atoms with Crippen molar-refractivity contribution in [3.63, 3.8) is 0 Å². The number of hydrogen-bond donors (Lipinski definition) is 1. The van der Waals surface area contributed by atoms with Gasteiger partial charge in [-0.25, -0.2) is 4.98 Å². The van der Waals surface area contributed by atoms with Gasteiger partial charge in [-0.2, -0.15) is 0 Å². The summed E-state index contributed by atoms with van der Waals surface area (Å²) in [4.78, 5) is 29.6. The van der Waals surface area contributed by atoms with Crippen LogP contribution in [0.3, 0.4) is 0 Å². The molecule has 1 N–H and O–H groups in total. The normalized spacial score (nSPS) is 11.9. The van der Waals surface area contributed by atoms with Gasteiger partial charge in [-0.1, -0.05) is 67.2 Å². The third-order valence-electron chi connectivity index (χ3n) is 4.44. The van der Waals surface area contributed by atoms with Gasteiger partial charge in [0.15, 0.2) is 5.16 Å². The number of carbonyl (C=O) groups is 1. The van der Waals surface area contributed by atoms with Crippen molar-refractivity contribution >= 4 is 28.6 Å². The van der Waals surface area contributed by atoms with Gasteiger partial charge in [0.2, 0.25) is 5.91 Å². The molecular weight excluding hydrogens is 370 g/mol. The van der Waals surface area contributed by atoms with Crippen LogP contribution in [0.5, 0.6) is 0 Å². The van der Waals surface area contributed by atoms with E-state index in [1.807, 2.05) is 30.3 Å². The van der Waals surface area contributed by atoms with Gasteiger partial charge < -0.3 is 5.32 Å². The van der Waals surface area contributed by atoms with Crippen LogP contribution in [0, 0.1) is 0 Å². The molecular formula is C22H23N3O2S. The van der Waals surface area contributed by atoms with E-state index in [1.165, 1.54) is 17.3 Å². The van der Waals surface area contributed by atoms with Gasteiger partial charge in [-0.05, 0) is 23.6 Å². The number of para-hydroxylation sites is 1. The van der Waals surface area contributed by atoms with Crippen LogP contribution in [0.1, 0.15) is 18.4 Å². The van der Waals surface area contributed by atoms with Gasteiger partial charge in [-0.15, -0.1) is 6.58 Å². The van der Waals surface area contributed by atoms with E-state index in [1.54, 1.807) is 22.8 Å². The van der Waals surface area contributed by atoms with Crippen LogP contribution >= 0.6 is 11.8 Å². The second-order valence-corrected chi connectivity index (χ2v) is 7.46. The summed E-state index contributed by atoms with van der Waals surface area (Å²) in [5.74, 6) is 0.344. The number of nitrogens with zero attached hydrogens (tertiary/aromatic N) is 2. The number of fused-ring (bicyclic) bond motifs is 1. The third-order valence-corrected chi connectivity index (χ3v) is 5.42. The quantitative estimate of drug-likeness (QED) is 0.361. The number of rotatable bonds is 8. The lowest BCUT2D eigenvalue weighted by molar-refractivity contribution is -0.118. The molecule has 1 heterocycles. The maximum absolute atomic E-state index is 12.7. The lowest BCUT2D eigenvalue weighted by Crippen LogP contribution is -2.29. The number of benzene rings is 2. The van der Waals surface area contributed by atoms with Gasteiger partial charge in [0, 0.05) is 13.1 Å². The molecule has 1 aromatic heterocycles. The highest BCUT2D eigenvalue weighted by atomic mass is 32.2. The van der Waals surface area contributed by atoms with Crippen molar-refractivity contribution in [3.8, 4) is 0 Å². The number of amides is 1. The summed E-state index contributed by atoms with van der Waals surface area (Å²) in [7, 11) is 0. The van der Waals surface area contributed by atoms with Crippen molar-refractivity contribution < 1.29 is 4.79 Å². The van der Waals surface area contributed by atoms with E-state index in [2.05, 4.69) is 35.9 Å². The molecule has 5 nitrogen and oxygen atoms in total. The van der Waals surface area contributed by atoms with Crippen LogP contribution in [0.4, 0.5) is 0 Å². The molecule has 0 saturated heterocycles. The van der Waals surface area contributed by atoms with Crippen LogP contribution in [0.25, 0.3) is 10.9 Å². The maximum atomic E-state index is 12.7. The molecule has 0 aliphatic rings. The molecule has 1 unspecified atom stereocenters. The van der Waals surface area contributed by atoms with Crippen LogP contribution in [-0.2, 0) is 11.3 Å². The number of allylic oxidation sites excluding steroid dienone is 1. The minimum absolute atomic E-state index is 0.0830. The third kappa shape index (κ3) is 4.70. The maximum Gasteiger partial charge on any atom is 0.262 e. The summed E-state index contributed by atoms with van der Waals surface area (Å²) in [6, 6.07) is 17.3. The minimum atomic E-state index is -0.119. The van der Waals surface area contributed by atoms with Gasteiger partial charge >= 0.3 is 0 Å². The Morgan fingerprint density at radius 1 is 1.21 bits per heavy atom. The predicted molar refractivity (Wildman–Crippen MR) is 115 cm³/mol. The number of hydrogen-bond acceptors (Lipinski definition) is 4. The molecule has 0 aliphatic carbocycles. The SMILES string of the molecule is C=CCn1c(SCC(=O)NCC(C)c2ccccc2)nc2ccccc2c1=O. The lowest BCUT2D eigenvalue weighted by Gasteiger charge is -2.14. The topological polar surface area (TPSA) is 64.0 Å². The molecule has 2 aromatic carbocycles. The standard InChI is InChI=1S/C22H23N3O2S/c1-3-13-25-21(27)18-11-7-8-12-19(18)24-22(25)28-15-20(26)23-14-16(2)17-9-5-4-6-10-17/h3-12,16H,1,13-15H2,2H3,(H,23,26). The van der Waals surface area contributed by atoms with Crippen molar-refractivity contribution in [2.24, 2.45) is 0 Å². The number of nitrogens with one attached hydrogen (secondary N) is 1. The zero-order chi connectivity index (χ0) is 19.9. The number of thioether (sulfide) groups is 1. The fraction of sp³-hybridized carbons (Fsp3) is 0.227. The molecule has 0 saturated carbocycles. The van der Waals surface area contributed by atoms with Crippen LogP contribution in [0.2, 0.25) is 0 Å². The summed E-state index contributed by atoms with van der Waals surface area (Å²) in [5.41, 5.74) is 1.70. The molecule has 0 aliphatic heterocycles. The summed E-state index contributed by atoms with van der Waals surface area (Å²) < 4.78 is 1.56. The second-order valence-electron chi connectivity index (χ2n) is 6.52. The summed E-state index contributed by atoms with van der Waals surface area (Å²) in [6.45, 7) is 6.71. The van der Waals surface area contributed by atoms with Crippen molar-refractivity contribution in [1.82, 2.24) is 14.9 Å². The fourth-order valence-electron chi connectivity index (χ4n) is 2.90. The van der Waals surface area contributed by atoms with Gasteiger partial charge in [0.1, 0.15) is 0 Å². The first-order valence-corrected chi connectivity index (χ1v) is 10.1. The highest BCUT2D eigenvalue weighted by molar-refractivity contribution is 7.99. The molecule has 0 fully saturated rings. The Morgan fingerprint density at radius 2 is 1.93 bits per heavy atom. The predicted octanol–water partition coefficient (Wildman–Crippen LogP) is 3.59. The fourth-order valence-corrected chi connectivity index (χ4v) is 3.73. The van der Waals surface area contributed by atoms with Crippen LogP contribution in [0.15, 0.2) is 77.2 Å². The molecule has 3 rings (SSSR count). The Hall–Kier alpha value is -2.86. The Balaban J connectivity index is 1.67. The van der Waals surface area contributed by atoms with Crippen molar-refractivity contribution in [1.29, 1.82) is 0 Å². The number of carbonyl (C=O) groups excluding carboxylic acids is 1. The van der Waals surface area contributed by atoms with E-state index in [0.717, 1.165) is 0 Å². The average molecular weight is 394 g/mol. The molecule has 0 radical (unpaired) electrons. The minimum Gasteiger partial charge on any atom is -0.355 e. The first-order valence-electron chi connectivity index (χ1n) is 9.15. The second kappa shape index (κ2) is 9.37. The molecule has 1 amide bonds. The van der Waals surface area contributed by atoms with E-state index < -0.39 is 0 Å². The average Bonchev–Trinajstić information content (AvgIpc) is 2.73. The van der Waals surface area contributed by atoms with E-state index in [-0.39, 0.29) is 23.1 Å². The highest BCUT2D eigenvalue weighted by Crippen LogP contribution is 2.18. The molecule has 6 heteroatoms. The van der Waals surface area contributed by atoms with Gasteiger partial charge in [-0.3, -0.25) is 14.2 Å². The largest absolute Gasteiger partial charge is 0.355 e. The molecule has 144 valence electrons. The van der Waals surface area contributed by atoms with Crippen molar-refractivity contribution in [3.05, 3.63) is 83.2 Å². The Kier molecular flexibility index (Phi) is 6.66. The van der Waals surface area contributed by atoms with E-state index in [9.17, 15) is 9.59 Å². The smallest absolute Gasteiger partial charge is 0.262 e. The van der Waals surface area contributed by atoms with Crippen molar-refractivity contribution in [2.75, 3.05) is 12.3 Å². The first kappa shape index (κ1) is 19.9. The Bertz CT molecular complexity index is 1030. The Labute approximate surface area is 168 Å². The summed E-state index contributed by atoms with van der Waals surface area (Å²) in [6.07, 6.45) is 1.66. The first-order chi connectivity index (χ1) is 13.6. The van der Waals surface area contributed by atoms with Crippen LogP contribution < -0.4 is 10.9 Å². The van der Waals surface area contributed by atoms with Crippen LogP contribution in [-0.4, -0.2) is 27.8 Å². The molecule has 0 spiro atoms. The molecule has 0 bridgehead atoms. The van der Waals surface area contributed by atoms with E-state index in [4.69, 9.17) is 0 Å². The Morgan fingerprint density at radius 3 is 2.68 bits per heavy atom. The highest BCUT2D eigenvalue weighted by Gasteiger charge is 2.13. The summed E-state index contributed by atoms with van der Waals surface area (Å²) in [5, 5.41) is 4.05. The van der Waals surface area contributed by atoms with Gasteiger partial charge in [0.25, 0.3) is 5.56 Å². The summed E-state index contributed by atoms with van der Waals surface area (Å²) >= 11 is 1.26. The van der Waals surface area contributed by atoms with Crippen molar-refractivity contribution in [2.45, 2.75) is 24.5 Å². The molecule has 28 heavy (non-hydrogen) atoms. The zero-order valence-electron chi connectivity index (χ0n) is 15.8. The zero-order valence-corrected chi connectivity index (χ0v) is 16.6.